The molecule has 0 saturated heterocycles. The van der Waals surface area contributed by atoms with E-state index in [9.17, 15) is 18.4 Å². The molecule has 1 spiro atoms. The fourth-order valence-electron chi connectivity index (χ4n) is 3.32. The maximum atomic E-state index is 12.8. The van der Waals surface area contributed by atoms with Crippen molar-refractivity contribution in [2.75, 3.05) is 6.54 Å². The molecule has 17 heavy (non-hydrogen) atoms. The van der Waals surface area contributed by atoms with Crippen molar-refractivity contribution in [3.8, 4) is 0 Å². The summed E-state index contributed by atoms with van der Waals surface area (Å²) in [4.78, 5) is 21.9. The van der Waals surface area contributed by atoms with E-state index in [1.807, 2.05) is 0 Å². The van der Waals surface area contributed by atoms with Gasteiger partial charge in [-0.1, -0.05) is 0 Å². The summed E-state index contributed by atoms with van der Waals surface area (Å²) in [5.74, 6) is -3.93. The minimum atomic E-state index is -2.63. The first kappa shape index (κ1) is 12.3. The van der Waals surface area contributed by atoms with Crippen LogP contribution in [0.2, 0.25) is 0 Å². The van der Waals surface area contributed by atoms with E-state index >= 15 is 0 Å². The smallest absolute Gasteiger partial charge is 0.311 e. The summed E-state index contributed by atoms with van der Waals surface area (Å²) in [6, 6.07) is 0. The Morgan fingerprint density at radius 3 is 2.12 bits per heavy atom. The highest BCUT2D eigenvalue weighted by atomic mass is 19.3. The molecule has 0 atom stereocenters. The normalized spacial score (nSPS) is 26.8. The number of carbonyl (C=O) groups is 2. The Morgan fingerprint density at radius 1 is 1.24 bits per heavy atom. The summed E-state index contributed by atoms with van der Waals surface area (Å²) in [5, 5.41) is 11.6. The van der Waals surface area contributed by atoms with Crippen LogP contribution < -0.4 is 5.32 Å². The number of amides is 1. The monoisotopic (exact) mass is 247 g/mol. The molecule has 2 aliphatic carbocycles. The first-order valence-electron chi connectivity index (χ1n) is 5.55. The van der Waals surface area contributed by atoms with Gasteiger partial charge in [0, 0.05) is 26.3 Å². The van der Waals surface area contributed by atoms with Crippen LogP contribution >= 0.6 is 0 Å². The fraction of sp³-hybridized carbons (Fsp3) is 0.818. The Morgan fingerprint density at radius 2 is 1.76 bits per heavy atom. The molecule has 0 unspecified atom stereocenters. The number of carbonyl (C=O) groups excluding carboxylic acids is 1. The molecule has 4 nitrogen and oxygen atoms in total. The average molecular weight is 247 g/mol. The van der Waals surface area contributed by atoms with E-state index < -0.39 is 22.7 Å². The molecule has 0 aromatic carbocycles. The van der Waals surface area contributed by atoms with Gasteiger partial charge >= 0.3 is 5.97 Å². The maximum absolute atomic E-state index is 12.8. The Kier molecular flexibility index (Phi) is 2.45. The van der Waals surface area contributed by atoms with E-state index in [0.717, 1.165) is 0 Å². The molecule has 0 bridgehead atoms. The lowest BCUT2D eigenvalue weighted by molar-refractivity contribution is -0.234. The molecule has 0 heterocycles. The van der Waals surface area contributed by atoms with Crippen molar-refractivity contribution < 1.29 is 23.5 Å². The third kappa shape index (κ3) is 2.00. The Labute approximate surface area is 97.4 Å². The molecule has 2 saturated carbocycles. The standard InChI is InChI=1S/C11H15F2NO3/c1-7(15)14-6-10(8(16)17)2-9(3-10)4-11(12,13)5-9/h2-6H2,1H3,(H,14,15)(H,16,17). The molecule has 2 fully saturated rings. The van der Waals surface area contributed by atoms with E-state index in [4.69, 9.17) is 5.11 Å². The SMILES string of the molecule is CC(=O)NCC1(C(=O)O)CC2(CC(F)(F)C2)C1. The van der Waals surface area contributed by atoms with Gasteiger partial charge in [-0.3, -0.25) is 9.59 Å². The highest BCUT2D eigenvalue weighted by Gasteiger charge is 2.68. The molecule has 0 aliphatic heterocycles. The number of carboxylic acids is 1. The van der Waals surface area contributed by atoms with Crippen molar-refractivity contribution >= 4 is 11.9 Å². The van der Waals surface area contributed by atoms with Crippen molar-refractivity contribution in [1.29, 1.82) is 0 Å². The quantitative estimate of drug-likeness (QED) is 0.792. The second-order valence-electron chi connectivity index (χ2n) is 5.56. The number of hydrogen-bond acceptors (Lipinski definition) is 2. The molecular weight excluding hydrogens is 232 g/mol. The Hall–Kier alpha value is -1.20. The zero-order valence-electron chi connectivity index (χ0n) is 9.56. The lowest BCUT2D eigenvalue weighted by Gasteiger charge is -2.61. The van der Waals surface area contributed by atoms with Crippen LogP contribution in [-0.2, 0) is 9.59 Å². The Bertz CT molecular complexity index is 365. The predicted molar refractivity (Wildman–Crippen MR) is 54.6 cm³/mol. The molecule has 2 N–H and O–H groups in total. The van der Waals surface area contributed by atoms with E-state index in [-0.39, 0.29) is 38.1 Å². The van der Waals surface area contributed by atoms with E-state index in [2.05, 4.69) is 5.32 Å². The van der Waals surface area contributed by atoms with Crippen LogP contribution in [0.25, 0.3) is 0 Å². The van der Waals surface area contributed by atoms with Gasteiger partial charge in [0.25, 0.3) is 0 Å². The van der Waals surface area contributed by atoms with Crippen molar-refractivity contribution in [3.05, 3.63) is 0 Å². The van der Waals surface area contributed by atoms with Crippen LogP contribution in [0, 0.1) is 10.8 Å². The lowest BCUT2D eigenvalue weighted by atomic mass is 9.44. The minimum Gasteiger partial charge on any atom is -0.481 e. The highest BCUT2D eigenvalue weighted by Crippen LogP contribution is 2.68. The molecule has 0 aromatic rings. The van der Waals surface area contributed by atoms with Crippen LogP contribution in [-0.4, -0.2) is 29.5 Å². The largest absolute Gasteiger partial charge is 0.481 e. The summed E-state index contributed by atoms with van der Waals surface area (Å²) in [6.45, 7) is 1.34. The van der Waals surface area contributed by atoms with Gasteiger partial charge in [0.2, 0.25) is 11.8 Å². The van der Waals surface area contributed by atoms with Gasteiger partial charge in [-0.15, -0.1) is 0 Å². The number of hydrogen-bond donors (Lipinski definition) is 2. The van der Waals surface area contributed by atoms with Gasteiger partial charge in [-0.05, 0) is 18.3 Å². The topological polar surface area (TPSA) is 66.4 Å². The van der Waals surface area contributed by atoms with Gasteiger partial charge in [0.15, 0.2) is 0 Å². The molecular formula is C11H15F2NO3. The molecule has 0 radical (unpaired) electrons. The summed E-state index contributed by atoms with van der Waals surface area (Å²) < 4.78 is 25.6. The Balaban J connectivity index is 1.96. The van der Waals surface area contributed by atoms with Gasteiger partial charge < -0.3 is 10.4 Å². The third-order valence-corrected chi connectivity index (χ3v) is 3.82. The van der Waals surface area contributed by atoms with Crippen LogP contribution in [0.5, 0.6) is 0 Å². The first-order valence-corrected chi connectivity index (χ1v) is 5.55. The van der Waals surface area contributed by atoms with Crippen molar-refractivity contribution in [1.82, 2.24) is 5.32 Å². The molecule has 2 rings (SSSR count). The molecule has 2 aliphatic rings. The average Bonchev–Trinajstić information content (AvgIpc) is 2.06. The zero-order chi connectivity index (χ0) is 12.9. The van der Waals surface area contributed by atoms with Gasteiger partial charge in [-0.2, -0.15) is 0 Å². The van der Waals surface area contributed by atoms with Crippen molar-refractivity contribution in [2.45, 2.75) is 38.5 Å². The fourth-order valence-corrected chi connectivity index (χ4v) is 3.32. The first-order chi connectivity index (χ1) is 7.69. The summed E-state index contributed by atoms with van der Waals surface area (Å²) in [7, 11) is 0. The molecule has 0 aromatic heterocycles. The van der Waals surface area contributed by atoms with Crippen LogP contribution in [0.3, 0.4) is 0 Å². The van der Waals surface area contributed by atoms with E-state index in [0.29, 0.717) is 0 Å². The maximum Gasteiger partial charge on any atom is 0.311 e. The van der Waals surface area contributed by atoms with Gasteiger partial charge in [0.1, 0.15) is 0 Å². The van der Waals surface area contributed by atoms with Crippen molar-refractivity contribution in [3.63, 3.8) is 0 Å². The second kappa shape index (κ2) is 3.40. The second-order valence-corrected chi connectivity index (χ2v) is 5.56. The van der Waals surface area contributed by atoms with Crippen LogP contribution in [0.15, 0.2) is 0 Å². The van der Waals surface area contributed by atoms with Crippen molar-refractivity contribution in [2.24, 2.45) is 10.8 Å². The predicted octanol–water partition coefficient (Wildman–Crippen LogP) is 1.40. The minimum absolute atomic E-state index is 0.0327. The zero-order valence-corrected chi connectivity index (χ0v) is 9.56. The van der Waals surface area contributed by atoms with Crippen LogP contribution in [0.1, 0.15) is 32.6 Å². The number of aliphatic carboxylic acids is 1. The number of rotatable bonds is 3. The number of nitrogens with one attached hydrogen (secondary N) is 1. The summed E-state index contributed by atoms with van der Waals surface area (Å²) >= 11 is 0. The molecule has 96 valence electrons. The highest BCUT2D eigenvalue weighted by molar-refractivity contribution is 5.79. The summed E-state index contributed by atoms with van der Waals surface area (Å²) in [5.41, 5.74) is -1.54. The van der Waals surface area contributed by atoms with E-state index in [1.54, 1.807) is 0 Å². The number of halogens is 2. The van der Waals surface area contributed by atoms with Crippen LogP contribution in [0.4, 0.5) is 8.78 Å². The third-order valence-electron chi connectivity index (χ3n) is 3.82. The lowest BCUT2D eigenvalue weighted by Crippen LogP contribution is -2.63. The molecule has 6 heteroatoms. The van der Waals surface area contributed by atoms with Gasteiger partial charge in [-0.25, -0.2) is 8.78 Å². The molecule has 1 amide bonds. The summed E-state index contributed by atoms with van der Waals surface area (Å²) in [6.07, 6.45) is 0.0562. The number of alkyl halides is 2. The number of carboxylic acid groups (broad SMARTS) is 1. The van der Waals surface area contributed by atoms with E-state index in [1.165, 1.54) is 6.92 Å². The van der Waals surface area contributed by atoms with Gasteiger partial charge in [0.05, 0.1) is 5.41 Å².